The molecular weight excluding hydrogens is 1300 g/mol. The molecule has 20 aromatic rings. The standard InChI is InChI=1S/2C47H29N5O/c1-3-10-30(11-4-1)31-18-22-34(23-19-31)46-50-45(33-12-5-2-6-13-33)51-47(52-46)35-24-20-32(21-25-35)36-14-9-15-37(26-36)42-27-39-40-28-48-41-17-8-7-16-38(41)44(40)53-43(39)29-49-42;1-3-10-30(11-4-1)31-18-22-34(23-19-31)45-50-44(33-12-5-2-6-13-33)51-46(52-45)35-24-20-32(21-25-35)36-14-9-15-37(28-36)38-26-27-39-42(29-38)53-47-43(39)48-40-16-7-8-17-41(40)49-47/h2*1-29H. The van der Waals surface area contributed by atoms with Gasteiger partial charge in [-0.05, 0) is 110 Å². The summed E-state index contributed by atoms with van der Waals surface area (Å²) in [5, 5.41) is 3.93. The summed E-state index contributed by atoms with van der Waals surface area (Å²) in [6.45, 7) is 0. The highest BCUT2D eigenvalue weighted by atomic mass is 16.3. The zero-order chi connectivity index (χ0) is 70.3. The van der Waals surface area contributed by atoms with Crippen molar-refractivity contribution in [2.75, 3.05) is 0 Å². The third-order valence-electron chi connectivity index (χ3n) is 19.2. The van der Waals surface area contributed by atoms with Crippen LogP contribution in [0.4, 0.5) is 0 Å². The number of benzene rings is 13. The minimum absolute atomic E-state index is 0.548. The highest BCUT2D eigenvalue weighted by Crippen LogP contribution is 2.39. The first-order valence-electron chi connectivity index (χ1n) is 35.0. The average Bonchev–Trinajstić information content (AvgIpc) is 1.59. The van der Waals surface area contributed by atoms with E-state index in [1.807, 2.05) is 134 Å². The first-order chi connectivity index (χ1) is 52.4. The van der Waals surface area contributed by atoms with Crippen molar-refractivity contribution in [3.05, 3.63) is 352 Å². The van der Waals surface area contributed by atoms with Crippen molar-refractivity contribution in [2.45, 2.75) is 0 Å². The van der Waals surface area contributed by atoms with Gasteiger partial charge in [0.25, 0.3) is 0 Å². The lowest BCUT2D eigenvalue weighted by Crippen LogP contribution is -2.00. The number of pyridine rings is 2. The molecular formula is C94H58N10O2. The van der Waals surface area contributed by atoms with Gasteiger partial charge in [0.15, 0.2) is 40.5 Å². The summed E-state index contributed by atoms with van der Waals surface area (Å²) in [6.07, 6.45) is 3.70. The Kier molecular flexibility index (Phi) is 15.9. The lowest BCUT2D eigenvalue weighted by atomic mass is 9.98. The van der Waals surface area contributed by atoms with Crippen LogP contribution in [-0.2, 0) is 0 Å². The SMILES string of the molecule is c1ccc(-c2ccc(-c3nc(-c4ccccc4)nc(-c4ccc(-c5cccc(-c6cc7c(cn6)oc6c8ccccc8ncc76)c5)cc4)n3)cc2)cc1.c1ccc(-c2ccc(-c3nc(-c4ccccc4)nc(-c4ccc(-c5cccc(-c6ccc7c(c6)oc6nc8ccccc8nc67)c5)cc4)n3)cc2)cc1. The number of hydrogen-bond donors (Lipinski definition) is 0. The van der Waals surface area contributed by atoms with Gasteiger partial charge in [0.2, 0.25) is 5.71 Å². The fraction of sp³-hybridized carbons (Fsp3) is 0. The van der Waals surface area contributed by atoms with Gasteiger partial charge in [-0.2, -0.15) is 0 Å². The van der Waals surface area contributed by atoms with Gasteiger partial charge in [-0.25, -0.2) is 39.9 Å². The highest BCUT2D eigenvalue weighted by Gasteiger charge is 2.19. The molecule has 0 bridgehead atoms. The minimum Gasteiger partial charge on any atom is -0.454 e. The van der Waals surface area contributed by atoms with Gasteiger partial charge in [-0.1, -0.05) is 285 Å². The molecule has 0 saturated carbocycles. The van der Waals surface area contributed by atoms with E-state index in [-0.39, 0.29) is 0 Å². The summed E-state index contributed by atoms with van der Waals surface area (Å²) >= 11 is 0. The molecule has 0 amide bonds. The van der Waals surface area contributed by atoms with Crippen molar-refractivity contribution in [1.82, 2.24) is 49.8 Å². The van der Waals surface area contributed by atoms with E-state index in [4.69, 9.17) is 53.7 Å². The number of para-hydroxylation sites is 3. The predicted octanol–water partition coefficient (Wildman–Crippen LogP) is 23.4. The quantitative estimate of drug-likeness (QED) is 0.114. The second-order valence-corrected chi connectivity index (χ2v) is 25.9. The summed E-state index contributed by atoms with van der Waals surface area (Å²) in [5.41, 5.74) is 24.8. The molecule has 0 aliphatic heterocycles. The minimum atomic E-state index is 0.548. The maximum atomic E-state index is 6.27. The predicted molar refractivity (Wildman–Crippen MR) is 426 cm³/mol. The van der Waals surface area contributed by atoms with Crippen LogP contribution in [0.1, 0.15) is 0 Å². The zero-order valence-electron chi connectivity index (χ0n) is 56.8. The van der Waals surface area contributed by atoms with Crippen LogP contribution in [0.25, 0.3) is 201 Å². The smallest absolute Gasteiger partial charge is 0.246 e. The molecule has 0 aliphatic rings. The summed E-state index contributed by atoms with van der Waals surface area (Å²) in [4.78, 5) is 48.7. The summed E-state index contributed by atoms with van der Waals surface area (Å²) in [7, 11) is 0. The third kappa shape index (κ3) is 12.3. The van der Waals surface area contributed by atoms with Gasteiger partial charge in [-0.15, -0.1) is 0 Å². The van der Waals surface area contributed by atoms with Crippen LogP contribution in [-0.4, -0.2) is 49.8 Å². The van der Waals surface area contributed by atoms with Crippen molar-refractivity contribution in [2.24, 2.45) is 0 Å². The van der Waals surface area contributed by atoms with E-state index in [0.717, 1.165) is 150 Å². The topological polar surface area (TPSA) is 155 Å². The van der Waals surface area contributed by atoms with Crippen LogP contribution in [0.2, 0.25) is 0 Å². The van der Waals surface area contributed by atoms with Crippen LogP contribution in [0.5, 0.6) is 0 Å². The summed E-state index contributed by atoms with van der Waals surface area (Å²) < 4.78 is 12.5. The van der Waals surface area contributed by atoms with Gasteiger partial charge in [0, 0.05) is 66.7 Å². The molecule has 20 rings (SSSR count). The van der Waals surface area contributed by atoms with Gasteiger partial charge in [0.05, 0.1) is 28.4 Å². The molecule has 0 fully saturated rings. The molecule has 496 valence electrons. The van der Waals surface area contributed by atoms with E-state index in [2.05, 4.69) is 223 Å². The highest BCUT2D eigenvalue weighted by molar-refractivity contribution is 6.14. The molecule has 0 N–H and O–H groups in total. The van der Waals surface area contributed by atoms with Gasteiger partial charge >= 0.3 is 0 Å². The van der Waals surface area contributed by atoms with Gasteiger partial charge < -0.3 is 8.83 Å². The molecule has 0 spiro atoms. The maximum absolute atomic E-state index is 6.27. The third-order valence-corrected chi connectivity index (χ3v) is 19.2. The van der Waals surface area contributed by atoms with Crippen molar-refractivity contribution in [3.8, 4) is 135 Å². The number of rotatable bonds is 12. The Balaban J connectivity index is 0.000000145. The second-order valence-electron chi connectivity index (χ2n) is 25.9. The van der Waals surface area contributed by atoms with Gasteiger partial charge in [-0.3, -0.25) is 9.97 Å². The van der Waals surface area contributed by atoms with Crippen LogP contribution < -0.4 is 0 Å². The molecule has 0 aliphatic carbocycles. The van der Waals surface area contributed by atoms with Crippen LogP contribution in [0, 0.1) is 0 Å². The number of furan rings is 2. The molecule has 0 unspecified atom stereocenters. The average molecular weight is 1360 g/mol. The molecule has 0 atom stereocenters. The number of nitrogens with zero attached hydrogens (tertiary/aromatic N) is 10. The number of aromatic nitrogens is 10. The van der Waals surface area contributed by atoms with E-state index in [9.17, 15) is 0 Å². The fourth-order valence-electron chi connectivity index (χ4n) is 13.7. The van der Waals surface area contributed by atoms with Crippen LogP contribution in [0.3, 0.4) is 0 Å². The molecule has 7 heterocycles. The largest absolute Gasteiger partial charge is 0.454 e. The molecule has 106 heavy (non-hydrogen) atoms. The fourth-order valence-corrected chi connectivity index (χ4v) is 13.7. The summed E-state index contributed by atoms with van der Waals surface area (Å²) in [6, 6.07) is 116. The van der Waals surface area contributed by atoms with Crippen molar-refractivity contribution in [1.29, 1.82) is 0 Å². The van der Waals surface area contributed by atoms with Crippen LogP contribution in [0.15, 0.2) is 361 Å². The molecule has 7 aromatic heterocycles. The lowest BCUT2D eigenvalue weighted by Gasteiger charge is -2.10. The Morgan fingerprint density at radius 2 is 0.538 bits per heavy atom. The molecule has 12 heteroatoms. The Bertz CT molecular complexity index is 6650. The Morgan fingerprint density at radius 3 is 1.03 bits per heavy atom. The number of fused-ring (bicyclic) bond motifs is 9. The molecule has 0 radical (unpaired) electrons. The first-order valence-corrected chi connectivity index (χ1v) is 35.0. The van der Waals surface area contributed by atoms with Crippen LogP contribution >= 0.6 is 0 Å². The Hall–Kier alpha value is -14.6. The first kappa shape index (κ1) is 62.4. The molecule has 0 saturated heterocycles. The van der Waals surface area contributed by atoms with E-state index in [1.165, 1.54) is 11.1 Å². The molecule has 12 nitrogen and oxygen atoms in total. The van der Waals surface area contributed by atoms with Gasteiger partial charge in [0.1, 0.15) is 16.7 Å². The monoisotopic (exact) mass is 1360 g/mol. The zero-order valence-corrected chi connectivity index (χ0v) is 56.8. The van der Waals surface area contributed by atoms with Crippen molar-refractivity contribution in [3.63, 3.8) is 0 Å². The molecule has 13 aromatic carbocycles. The number of hydrogen-bond acceptors (Lipinski definition) is 12. The van der Waals surface area contributed by atoms with E-state index >= 15 is 0 Å². The van der Waals surface area contributed by atoms with Crippen molar-refractivity contribution < 1.29 is 8.83 Å². The lowest BCUT2D eigenvalue weighted by molar-refractivity contribution is 0.655. The Labute approximate surface area is 608 Å². The summed E-state index contributed by atoms with van der Waals surface area (Å²) in [5.74, 6) is 3.77. The second kappa shape index (κ2) is 27.0. The van der Waals surface area contributed by atoms with E-state index < -0.39 is 0 Å². The maximum Gasteiger partial charge on any atom is 0.246 e. The van der Waals surface area contributed by atoms with E-state index in [0.29, 0.717) is 40.7 Å². The van der Waals surface area contributed by atoms with E-state index in [1.54, 1.807) is 0 Å². The van der Waals surface area contributed by atoms with Crippen molar-refractivity contribution >= 4 is 66.1 Å². The normalized spacial score (nSPS) is 11.4. The Morgan fingerprint density at radius 1 is 0.189 bits per heavy atom.